The Labute approximate surface area is 237 Å². The number of piperidine rings is 6. The first kappa shape index (κ1) is 25.6. The Morgan fingerprint density at radius 3 is 2.00 bits per heavy atom. The van der Waals surface area contributed by atoms with E-state index >= 15 is 0 Å². The quantitative estimate of drug-likeness (QED) is 0.355. The fraction of sp³-hybridized carbons (Fsp3) is 0.467. The molecule has 3 N–H and O–H groups in total. The topological polar surface area (TPSA) is 106 Å². The predicted octanol–water partition coefficient (Wildman–Crippen LogP) is 3.51. The highest BCUT2D eigenvalue weighted by Gasteiger charge is 2.36. The summed E-state index contributed by atoms with van der Waals surface area (Å²) in [6.45, 7) is 6.74. The zero-order valence-corrected chi connectivity index (χ0v) is 23.3. The number of H-pyrrole nitrogens is 1. The van der Waals surface area contributed by atoms with E-state index in [4.69, 9.17) is 0 Å². The third-order valence-electron chi connectivity index (χ3n) is 9.19. The Morgan fingerprint density at radius 1 is 0.800 bits per heavy atom. The molecule has 10 heteroatoms. The van der Waals surface area contributed by atoms with E-state index in [9.17, 15) is 9.59 Å². The highest BCUT2D eigenvalue weighted by atomic mass is 32.1. The molecule has 6 aliphatic heterocycles. The number of amides is 2. The molecule has 0 radical (unpaired) electrons. The monoisotopic (exact) mass is 557 g/mol. The van der Waals surface area contributed by atoms with E-state index in [1.54, 1.807) is 23.7 Å². The molecule has 0 saturated carbocycles. The minimum atomic E-state index is -0.0492. The number of rotatable bonds is 4. The van der Waals surface area contributed by atoms with Crippen molar-refractivity contribution < 1.29 is 9.59 Å². The van der Waals surface area contributed by atoms with E-state index < -0.39 is 0 Å². The molecule has 4 aromatic heterocycles. The van der Waals surface area contributed by atoms with Gasteiger partial charge in [0.05, 0.1) is 11.7 Å². The molecule has 2 atom stereocenters. The lowest BCUT2D eigenvalue weighted by Crippen LogP contribution is -2.57. The van der Waals surface area contributed by atoms with Gasteiger partial charge in [-0.2, -0.15) is 0 Å². The van der Waals surface area contributed by atoms with Crippen LogP contribution in [-0.4, -0.2) is 87.9 Å². The van der Waals surface area contributed by atoms with Gasteiger partial charge in [-0.15, -0.1) is 11.3 Å². The van der Waals surface area contributed by atoms with E-state index in [0.717, 1.165) is 34.1 Å². The average Bonchev–Trinajstić information content (AvgIpc) is 3.67. The molecule has 10 heterocycles. The molecule has 208 valence electrons. The van der Waals surface area contributed by atoms with Crippen LogP contribution in [0, 0.1) is 11.8 Å². The zero-order chi connectivity index (χ0) is 27.1. The lowest BCUT2D eigenvalue weighted by molar-refractivity contribution is 0.0614. The van der Waals surface area contributed by atoms with Crippen molar-refractivity contribution in [3.63, 3.8) is 0 Å². The van der Waals surface area contributed by atoms with Crippen LogP contribution in [0.25, 0.3) is 21.0 Å². The smallest absolute Gasteiger partial charge is 0.270 e. The number of hydrogen-bond acceptors (Lipinski definition) is 7. The summed E-state index contributed by atoms with van der Waals surface area (Å²) in [6, 6.07) is 8.32. The van der Waals surface area contributed by atoms with Gasteiger partial charge in [-0.3, -0.25) is 14.6 Å². The van der Waals surface area contributed by atoms with Crippen LogP contribution in [-0.2, 0) is 0 Å². The molecule has 0 unspecified atom stereocenters. The molecule has 0 aliphatic carbocycles. The standard InChI is InChI=1S/C15H18N4O.C15H17N3OS/c20-15(12-7-11-1-4-16-13(11)8-17-12)18-14-9-19-5-2-10(14)3-6-19;19-15(12-7-14-11(8-16-12)3-6-20-14)17-13-9-18-4-1-10(13)2-5-18/h1,4,7-8,10,14,16H,2-3,5-6,9H2,(H,18,20);3,6-8,10,13H,1-2,4-5,9H2,(H,17,19)/t14-;13-/m11/s1. The van der Waals surface area contributed by atoms with E-state index in [-0.39, 0.29) is 17.9 Å². The molecule has 0 spiro atoms. The van der Waals surface area contributed by atoms with Gasteiger partial charge in [0.25, 0.3) is 11.8 Å². The number of nitrogens with one attached hydrogen (secondary N) is 3. The predicted molar refractivity (Wildman–Crippen MR) is 157 cm³/mol. The Kier molecular flexibility index (Phi) is 6.99. The molecule has 0 aromatic carbocycles. The van der Waals surface area contributed by atoms with E-state index in [2.05, 4.69) is 35.4 Å². The number of fused-ring (bicyclic) bond motifs is 8. The van der Waals surface area contributed by atoms with Gasteiger partial charge in [-0.05, 0) is 93.3 Å². The van der Waals surface area contributed by atoms with Gasteiger partial charge >= 0.3 is 0 Å². The van der Waals surface area contributed by atoms with Crippen LogP contribution in [0.2, 0.25) is 0 Å². The van der Waals surface area contributed by atoms with Gasteiger partial charge in [0.2, 0.25) is 0 Å². The lowest BCUT2D eigenvalue weighted by Gasteiger charge is -2.44. The van der Waals surface area contributed by atoms with E-state index in [1.807, 2.05) is 35.8 Å². The molecule has 9 nitrogen and oxygen atoms in total. The van der Waals surface area contributed by atoms with Crippen LogP contribution < -0.4 is 10.6 Å². The molecule has 2 amide bonds. The normalized spacial score (nSPS) is 28.7. The first-order valence-electron chi connectivity index (χ1n) is 14.4. The van der Waals surface area contributed by atoms with E-state index in [0.29, 0.717) is 29.3 Å². The number of thiophene rings is 1. The number of hydrogen-bond donors (Lipinski definition) is 3. The highest BCUT2D eigenvalue weighted by Crippen LogP contribution is 2.29. The van der Waals surface area contributed by atoms with Crippen LogP contribution >= 0.6 is 11.3 Å². The Hall–Kier alpha value is -3.34. The van der Waals surface area contributed by atoms with Crippen molar-refractivity contribution in [2.24, 2.45) is 11.8 Å². The number of carbonyl (C=O) groups is 2. The summed E-state index contributed by atoms with van der Waals surface area (Å²) in [6.07, 6.45) is 10.2. The van der Waals surface area contributed by atoms with Crippen LogP contribution in [0.1, 0.15) is 46.7 Å². The van der Waals surface area contributed by atoms with Gasteiger partial charge in [0, 0.05) is 53.0 Å². The third-order valence-corrected chi connectivity index (χ3v) is 10.1. The van der Waals surface area contributed by atoms with Crippen LogP contribution in [0.5, 0.6) is 0 Å². The SMILES string of the molecule is O=C(N[C@@H]1CN2CCC1CC2)c1cc2cc[nH]c2cn1.O=C(N[C@@H]1CN2CCC1CC2)c1cc2sccc2cn1. The maximum Gasteiger partial charge on any atom is 0.270 e. The summed E-state index contributed by atoms with van der Waals surface area (Å²) in [4.78, 5) is 41.2. The molecule has 4 bridgehead atoms. The lowest BCUT2D eigenvalue weighted by atomic mass is 9.84. The largest absolute Gasteiger partial charge is 0.360 e. The fourth-order valence-corrected chi connectivity index (χ4v) is 7.59. The van der Waals surface area contributed by atoms with Crippen molar-refractivity contribution in [1.82, 2.24) is 35.4 Å². The second kappa shape index (κ2) is 10.9. The molecule has 10 rings (SSSR count). The van der Waals surface area contributed by atoms with Gasteiger partial charge in [-0.25, -0.2) is 4.98 Å². The summed E-state index contributed by atoms with van der Waals surface area (Å²) >= 11 is 1.65. The maximum atomic E-state index is 12.4. The Balaban J connectivity index is 0.000000132. The first-order valence-corrected chi connectivity index (χ1v) is 15.3. The third kappa shape index (κ3) is 5.23. The van der Waals surface area contributed by atoms with Crippen molar-refractivity contribution >= 4 is 44.1 Å². The fourth-order valence-electron chi connectivity index (χ4n) is 6.80. The number of aromatic nitrogens is 3. The summed E-state index contributed by atoms with van der Waals surface area (Å²) < 4.78 is 1.12. The van der Waals surface area contributed by atoms with Crippen molar-refractivity contribution in [2.45, 2.75) is 37.8 Å². The second-order valence-electron chi connectivity index (χ2n) is 11.6. The van der Waals surface area contributed by atoms with Crippen molar-refractivity contribution in [3.05, 3.63) is 59.6 Å². The number of carbonyl (C=O) groups excluding carboxylic acids is 2. The highest BCUT2D eigenvalue weighted by molar-refractivity contribution is 7.17. The van der Waals surface area contributed by atoms with Crippen LogP contribution in [0.3, 0.4) is 0 Å². The van der Waals surface area contributed by atoms with Crippen molar-refractivity contribution in [3.8, 4) is 0 Å². The number of nitrogens with zero attached hydrogens (tertiary/aromatic N) is 4. The summed E-state index contributed by atoms with van der Waals surface area (Å²) in [5, 5.41) is 10.5. The summed E-state index contributed by atoms with van der Waals surface area (Å²) in [5.41, 5.74) is 2.01. The Bertz CT molecular complexity index is 1400. The van der Waals surface area contributed by atoms with Crippen LogP contribution in [0.4, 0.5) is 0 Å². The van der Waals surface area contributed by atoms with Gasteiger partial charge in [0.15, 0.2) is 0 Å². The first-order chi connectivity index (χ1) is 19.6. The van der Waals surface area contributed by atoms with Gasteiger partial charge in [0.1, 0.15) is 11.4 Å². The van der Waals surface area contributed by atoms with Gasteiger partial charge < -0.3 is 25.4 Å². The summed E-state index contributed by atoms with van der Waals surface area (Å²) in [5.74, 6) is 1.21. The second-order valence-corrected chi connectivity index (χ2v) is 12.5. The van der Waals surface area contributed by atoms with Crippen molar-refractivity contribution in [2.75, 3.05) is 39.3 Å². The van der Waals surface area contributed by atoms with E-state index in [1.165, 1.54) is 51.9 Å². The Morgan fingerprint density at radius 2 is 1.40 bits per heavy atom. The molecule has 6 saturated heterocycles. The minimum absolute atomic E-state index is 0.0287. The zero-order valence-electron chi connectivity index (χ0n) is 22.5. The summed E-state index contributed by atoms with van der Waals surface area (Å²) in [7, 11) is 0. The molecular weight excluding hydrogens is 522 g/mol. The molecule has 6 aliphatic rings. The maximum absolute atomic E-state index is 12.4. The van der Waals surface area contributed by atoms with Gasteiger partial charge in [-0.1, -0.05) is 0 Å². The average molecular weight is 558 g/mol. The number of aromatic amines is 1. The molecule has 6 fully saturated rings. The van der Waals surface area contributed by atoms with Crippen molar-refractivity contribution in [1.29, 1.82) is 0 Å². The number of pyridine rings is 2. The molecule has 4 aromatic rings. The molecule has 40 heavy (non-hydrogen) atoms. The molecular formula is C30H35N7O2S. The van der Waals surface area contributed by atoms with Crippen LogP contribution in [0.15, 0.2) is 48.2 Å². The minimum Gasteiger partial charge on any atom is -0.360 e.